The van der Waals surface area contributed by atoms with E-state index in [4.69, 9.17) is 28.3 Å². The number of hydrogen-bond donors (Lipinski definition) is 2. The Morgan fingerprint density at radius 1 is 1.36 bits per heavy atom. The lowest BCUT2D eigenvalue weighted by atomic mass is 9.83. The van der Waals surface area contributed by atoms with Crippen LogP contribution < -0.4 is 0 Å². The van der Waals surface area contributed by atoms with Crippen LogP contribution >= 0.6 is 23.2 Å². The van der Waals surface area contributed by atoms with E-state index in [0.29, 0.717) is 40.6 Å². The molecule has 0 fully saturated rings. The maximum Gasteiger partial charge on any atom is 0.328 e. The molecule has 2 N–H and O–H groups in total. The molecular weight excluding hydrogens is 476 g/mol. The van der Waals surface area contributed by atoms with E-state index in [1.165, 1.54) is 18.2 Å². The standard InChI is InChI=1S/C24H23Cl2F3N2O2/c1-12-7-16-15-10-14(27)4-5-19(15)30-22(16)23(31(12)11-24(2,28)29)21-17(25)8-13(9-18(21)26)3-6-20(32)33/h3-6,8,10,12,18,23,30H,7,9,11H2,1-2H3,(H,32,33)/b6-3+. The molecule has 176 valence electrons. The van der Waals surface area contributed by atoms with Crippen LogP contribution in [-0.4, -0.2) is 44.8 Å². The van der Waals surface area contributed by atoms with Gasteiger partial charge in [0.05, 0.1) is 18.0 Å². The zero-order valence-electron chi connectivity index (χ0n) is 18.0. The first-order valence-corrected chi connectivity index (χ1v) is 11.3. The molecule has 1 aromatic carbocycles. The first-order valence-electron chi connectivity index (χ1n) is 10.5. The smallest absolute Gasteiger partial charge is 0.328 e. The molecular formula is C24H23Cl2F3N2O2. The fourth-order valence-electron chi connectivity index (χ4n) is 4.80. The summed E-state index contributed by atoms with van der Waals surface area (Å²) in [6, 6.07) is 3.48. The van der Waals surface area contributed by atoms with Gasteiger partial charge < -0.3 is 10.1 Å². The first-order chi connectivity index (χ1) is 15.4. The molecule has 1 aliphatic heterocycles. The molecule has 1 aliphatic carbocycles. The number of carboxylic acid groups (broad SMARTS) is 1. The Labute approximate surface area is 199 Å². The van der Waals surface area contributed by atoms with Crippen molar-refractivity contribution in [3.05, 3.63) is 69.7 Å². The summed E-state index contributed by atoms with van der Waals surface area (Å²) < 4.78 is 42.5. The number of nitrogens with one attached hydrogen (secondary N) is 1. The number of rotatable bonds is 5. The van der Waals surface area contributed by atoms with Gasteiger partial charge in [0, 0.05) is 40.7 Å². The number of H-pyrrole nitrogens is 1. The molecule has 2 aliphatic rings. The minimum atomic E-state index is -2.96. The van der Waals surface area contributed by atoms with Crippen molar-refractivity contribution in [2.75, 3.05) is 6.54 Å². The van der Waals surface area contributed by atoms with Gasteiger partial charge in [-0.25, -0.2) is 18.0 Å². The highest BCUT2D eigenvalue weighted by molar-refractivity contribution is 6.33. The van der Waals surface area contributed by atoms with Gasteiger partial charge in [0.25, 0.3) is 5.92 Å². The van der Waals surface area contributed by atoms with Crippen LogP contribution in [0.3, 0.4) is 0 Å². The zero-order chi connectivity index (χ0) is 24.1. The topological polar surface area (TPSA) is 56.3 Å². The summed E-state index contributed by atoms with van der Waals surface area (Å²) in [6.45, 7) is 2.22. The number of benzene rings is 1. The predicted molar refractivity (Wildman–Crippen MR) is 123 cm³/mol. The van der Waals surface area contributed by atoms with Gasteiger partial charge in [0.2, 0.25) is 0 Å². The summed E-state index contributed by atoms with van der Waals surface area (Å²) in [6.07, 6.45) is 4.81. The van der Waals surface area contributed by atoms with Crippen LogP contribution in [0.1, 0.15) is 37.6 Å². The van der Waals surface area contributed by atoms with Crippen LogP contribution in [-0.2, 0) is 11.2 Å². The molecule has 2 heterocycles. The number of nitrogens with zero attached hydrogens (tertiary/aromatic N) is 1. The molecule has 4 rings (SSSR count). The van der Waals surface area contributed by atoms with Gasteiger partial charge in [-0.2, -0.15) is 0 Å². The maximum atomic E-state index is 14.2. The fourth-order valence-corrected chi connectivity index (χ4v) is 5.64. The summed E-state index contributed by atoms with van der Waals surface area (Å²) >= 11 is 13.4. The third-order valence-corrected chi connectivity index (χ3v) is 6.82. The van der Waals surface area contributed by atoms with Crippen molar-refractivity contribution in [2.24, 2.45) is 0 Å². The van der Waals surface area contributed by atoms with E-state index in [0.717, 1.165) is 18.6 Å². The number of aromatic amines is 1. The number of alkyl halides is 3. The van der Waals surface area contributed by atoms with E-state index in [2.05, 4.69) is 4.98 Å². The molecule has 3 unspecified atom stereocenters. The molecule has 2 aromatic rings. The highest BCUT2D eigenvalue weighted by Crippen LogP contribution is 2.47. The van der Waals surface area contributed by atoms with Crippen molar-refractivity contribution in [1.29, 1.82) is 0 Å². The molecule has 0 amide bonds. The molecule has 0 radical (unpaired) electrons. The van der Waals surface area contributed by atoms with Crippen molar-refractivity contribution in [3.63, 3.8) is 0 Å². The van der Waals surface area contributed by atoms with Gasteiger partial charge in [-0.15, -0.1) is 11.6 Å². The van der Waals surface area contributed by atoms with E-state index < -0.39 is 29.9 Å². The van der Waals surface area contributed by atoms with Crippen LogP contribution in [0.25, 0.3) is 10.9 Å². The molecule has 0 saturated carbocycles. The first kappa shape index (κ1) is 23.9. The zero-order valence-corrected chi connectivity index (χ0v) is 19.5. The number of allylic oxidation sites excluding steroid dienone is 4. The van der Waals surface area contributed by atoms with Crippen LogP contribution in [0.5, 0.6) is 0 Å². The number of aliphatic carboxylic acids is 1. The number of carbonyl (C=O) groups is 1. The number of carboxylic acids is 1. The van der Waals surface area contributed by atoms with E-state index in [1.54, 1.807) is 17.0 Å². The van der Waals surface area contributed by atoms with Gasteiger partial charge in [-0.3, -0.25) is 4.90 Å². The van der Waals surface area contributed by atoms with E-state index in [1.807, 2.05) is 6.92 Å². The van der Waals surface area contributed by atoms with Gasteiger partial charge >= 0.3 is 5.97 Å². The third kappa shape index (κ3) is 4.86. The average molecular weight is 499 g/mol. The summed E-state index contributed by atoms with van der Waals surface area (Å²) in [4.78, 5) is 15.9. The summed E-state index contributed by atoms with van der Waals surface area (Å²) in [5.74, 6) is -4.43. The predicted octanol–water partition coefficient (Wildman–Crippen LogP) is 6.32. The quantitative estimate of drug-likeness (QED) is 0.374. The van der Waals surface area contributed by atoms with E-state index >= 15 is 0 Å². The minimum Gasteiger partial charge on any atom is -0.478 e. The Bertz CT molecular complexity index is 1200. The van der Waals surface area contributed by atoms with Gasteiger partial charge in [-0.05, 0) is 60.8 Å². The van der Waals surface area contributed by atoms with Crippen molar-refractivity contribution in [2.45, 2.75) is 50.1 Å². The Hall–Kier alpha value is -2.22. The monoisotopic (exact) mass is 498 g/mol. The minimum absolute atomic E-state index is 0.283. The lowest BCUT2D eigenvalue weighted by Crippen LogP contribution is -2.48. The van der Waals surface area contributed by atoms with Gasteiger partial charge in [0.1, 0.15) is 5.82 Å². The number of aromatic nitrogens is 1. The Kier molecular flexibility index (Phi) is 6.42. The van der Waals surface area contributed by atoms with Crippen molar-refractivity contribution in [1.82, 2.24) is 9.88 Å². The highest BCUT2D eigenvalue weighted by atomic mass is 35.5. The number of fused-ring (bicyclic) bond motifs is 3. The molecule has 4 nitrogen and oxygen atoms in total. The van der Waals surface area contributed by atoms with Crippen LogP contribution in [0.4, 0.5) is 13.2 Å². The fraction of sp³-hybridized carbons (Fsp3) is 0.375. The van der Waals surface area contributed by atoms with Crippen molar-refractivity contribution >= 4 is 40.1 Å². The molecule has 9 heteroatoms. The second kappa shape index (κ2) is 8.85. The Morgan fingerprint density at radius 3 is 2.73 bits per heavy atom. The molecule has 3 atom stereocenters. The maximum absolute atomic E-state index is 14.2. The van der Waals surface area contributed by atoms with E-state index in [-0.39, 0.29) is 16.9 Å². The molecule has 33 heavy (non-hydrogen) atoms. The normalized spacial score (nSPS) is 24.5. The average Bonchev–Trinajstić information content (AvgIpc) is 3.04. The molecule has 0 bridgehead atoms. The summed E-state index contributed by atoms with van der Waals surface area (Å²) in [5, 5.41) is 9.25. The lowest BCUT2D eigenvalue weighted by Gasteiger charge is -2.44. The van der Waals surface area contributed by atoms with Gasteiger partial charge in [-0.1, -0.05) is 17.7 Å². The highest BCUT2D eigenvalue weighted by Gasteiger charge is 2.43. The number of hydrogen-bond acceptors (Lipinski definition) is 2. The van der Waals surface area contributed by atoms with Crippen molar-refractivity contribution < 1.29 is 23.1 Å². The summed E-state index contributed by atoms with van der Waals surface area (Å²) in [7, 11) is 0. The Morgan fingerprint density at radius 2 is 2.09 bits per heavy atom. The molecule has 1 aromatic heterocycles. The third-order valence-electron chi connectivity index (χ3n) is 6.11. The molecule has 0 spiro atoms. The molecule has 0 saturated heterocycles. The number of halogens is 5. The summed E-state index contributed by atoms with van der Waals surface area (Å²) in [5.41, 5.74) is 3.44. The van der Waals surface area contributed by atoms with Crippen LogP contribution in [0.2, 0.25) is 0 Å². The second-order valence-corrected chi connectivity index (χ2v) is 9.71. The largest absolute Gasteiger partial charge is 0.478 e. The van der Waals surface area contributed by atoms with Gasteiger partial charge in [0.15, 0.2) is 0 Å². The van der Waals surface area contributed by atoms with Crippen LogP contribution in [0, 0.1) is 5.82 Å². The second-order valence-electron chi connectivity index (χ2n) is 8.77. The lowest BCUT2D eigenvalue weighted by molar-refractivity contribution is -0.131. The van der Waals surface area contributed by atoms with E-state index in [9.17, 15) is 18.0 Å². The van der Waals surface area contributed by atoms with Crippen molar-refractivity contribution in [3.8, 4) is 0 Å². The van der Waals surface area contributed by atoms with Crippen LogP contribution in [0.15, 0.2) is 52.6 Å². The Balaban J connectivity index is 1.90. The SMILES string of the molecule is CC1Cc2c([nH]c3ccc(F)cc23)C(C2=C(Cl)C=C(/C=C/C(=O)O)CC2Cl)N1CC(C)(F)F.